The normalized spacial score (nSPS) is 20.7. The zero-order valence-corrected chi connectivity index (χ0v) is 12.7. The summed E-state index contributed by atoms with van der Waals surface area (Å²) in [4.78, 5) is 19.3. The Labute approximate surface area is 119 Å². The van der Waals surface area contributed by atoms with E-state index in [0.717, 1.165) is 26.1 Å². The SMILES string of the molecule is CCC1CN(c2nc(Cl)nc(N(C)C)n2)CCN1C. The predicted octanol–water partition coefficient (Wildman–Crippen LogP) is 1.12. The standard InChI is InChI=1S/C12H21ClN6/c1-5-9-8-19(7-6-18(9)4)12-15-10(13)14-11(16-12)17(2)3/h9H,5-8H2,1-4H3. The molecule has 1 atom stereocenters. The molecular weight excluding hydrogens is 264 g/mol. The average molecular weight is 285 g/mol. The third-order valence-electron chi connectivity index (χ3n) is 3.52. The van der Waals surface area contributed by atoms with Gasteiger partial charge in [-0.05, 0) is 25.1 Å². The van der Waals surface area contributed by atoms with E-state index in [9.17, 15) is 0 Å². The van der Waals surface area contributed by atoms with E-state index >= 15 is 0 Å². The van der Waals surface area contributed by atoms with Crippen LogP contribution >= 0.6 is 11.6 Å². The molecule has 0 aliphatic carbocycles. The monoisotopic (exact) mass is 284 g/mol. The average Bonchev–Trinajstić information content (AvgIpc) is 2.38. The fourth-order valence-corrected chi connectivity index (χ4v) is 2.39. The molecule has 1 fully saturated rings. The van der Waals surface area contributed by atoms with Gasteiger partial charge >= 0.3 is 0 Å². The van der Waals surface area contributed by atoms with Gasteiger partial charge in [-0.15, -0.1) is 0 Å². The van der Waals surface area contributed by atoms with Gasteiger partial charge in [-0.3, -0.25) is 4.90 Å². The van der Waals surface area contributed by atoms with Gasteiger partial charge in [-0.1, -0.05) is 6.92 Å². The van der Waals surface area contributed by atoms with Crippen LogP contribution < -0.4 is 9.80 Å². The minimum absolute atomic E-state index is 0.251. The van der Waals surface area contributed by atoms with Crippen molar-refractivity contribution in [3.8, 4) is 0 Å². The van der Waals surface area contributed by atoms with Crippen molar-refractivity contribution in [1.82, 2.24) is 19.9 Å². The van der Waals surface area contributed by atoms with E-state index in [1.54, 1.807) is 0 Å². The second kappa shape index (κ2) is 5.88. The van der Waals surface area contributed by atoms with E-state index < -0.39 is 0 Å². The van der Waals surface area contributed by atoms with Gasteiger partial charge in [0.25, 0.3) is 0 Å². The van der Waals surface area contributed by atoms with Gasteiger partial charge in [-0.2, -0.15) is 15.0 Å². The van der Waals surface area contributed by atoms with Gasteiger partial charge in [0.2, 0.25) is 17.2 Å². The topological polar surface area (TPSA) is 48.4 Å². The lowest BCUT2D eigenvalue weighted by molar-refractivity contribution is 0.212. The Hall–Kier alpha value is -1.14. The van der Waals surface area contributed by atoms with Gasteiger partial charge in [-0.25, -0.2) is 0 Å². The van der Waals surface area contributed by atoms with Crippen molar-refractivity contribution in [3.05, 3.63) is 5.28 Å². The number of piperazine rings is 1. The number of rotatable bonds is 3. The Morgan fingerprint density at radius 3 is 2.63 bits per heavy atom. The maximum atomic E-state index is 5.99. The number of hydrogen-bond acceptors (Lipinski definition) is 6. The minimum Gasteiger partial charge on any atom is -0.347 e. The summed E-state index contributed by atoms with van der Waals surface area (Å²) < 4.78 is 0. The van der Waals surface area contributed by atoms with Crippen molar-refractivity contribution < 1.29 is 0 Å². The highest BCUT2D eigenvalue weighted by atomic mass is 35.5. The van der Waals surface area contributed by atoms with Crippen molar-refractivity contribution >= 4 is 23.5 Å². The largest absolute Gasteiger partial charge is 0.347 e. The van der Waals surface area contributed by atoms with Crippen LogP contribution in [0.5, 0.6) is 0 Å². The summed E-state index contributed by atoms with van der Waals surface area (Å²) in [5.74, 6) is 1.28. The highest BCUT2D eigenvalue weighted by Gasteiger charge is 2.25. The second-order valence-corrected chi connectivity index (χ2v) is 5.43. The molecular formula is C12H21ClN6. The summed E-state index contributed by atoms with van der Waals surface area (Å²) in [6, 6.07) is 0.534. The van der Waals surface area contributed by atoms with Gasteiger partial charge in [0.15, 0.2) is 0 Å². The van der Waals surface area contributed by atoms with E-state index in [0.29, 0.717) is 17.9 Å². The third kappa shape index (κ3) is 3.25. The Morgan fingerprint density at radius 2 is 2.00 bits per heavy atom. The van der Waals surface area contributed by atoms with Crippen molar-refractivity contribution in [3.63, 3.8) is 0 Å². The lowest BCUT2D eigenvalue weighted by Crippen LogP contribution is -2.51. The molecule has 1 aromatic heterocycles. The second-order valence-electron chi connectivity index (χ2n) is 5.09. The van der Waals surface area contributed by atoms with Crippen molar-refractivity contribution in [2.24, 2.45) is 0 Å². The van der Waals surface area contributed by atoms with Gasteiger partial charge in [0.1, 0.15) is 0 Å². The number of hydrogen-bond donors (Lipinski definition) is 0. The molecule has 19 heavy (non-hydrogen) atoms. The lowest BCUT2D eigenvalue weighted by Gasteiger charge is -2.39. The van der Waals surface area contributed by atoms with Crippen LogP contribution in [0.1, 0.15) is 13.3 Å². The molecule has 2 heterocycles. The lowest BCUT2D eigenvalue weighted by atomic mass is 10.1. The molecule has 0 amide bonds. The molecule has 6 nitrogen and oxygen atoms in total. The highest BCUT2D eigenvalue weighted by molar-refractivity contribution is 6.28. The van der Waals surface area contributed by atoms with Crippen molar-refractivity contribution in [2.45, 2.75) is 19.4 Å². The molecule has 0 saturated carbocycles. The number of anilines is 2. The van der Waals surface area contributed by atoms with E-state index in [2.05, 4.69) is 38.7 Å². The first-order valence-corrected chi connectivity index (χ1v) is 6.93. The first-order valence-electron chi connectivity index (χ1n) is 6.55. The summed E-state index contributed by atoms with van der Waals surface area (Å²) in [6.07, 6.45) is 1.12. The molecule has 1 aliphatic heterocycles. The fraction of sp³-hybridized carbons (Fsp3) is 0.750. The molecule has 106 valence electrons. The molecule has 0 radical (unpaired) electrons. The molecule has 0 spiro atoms. The Morgan fingerprint density at radius 1 is 1.26 bits per heavy atom. The number of halogens is 1. The molecule has 0 bridgehead atoms. The van der Waals surface area contributed by atoms with E-state index in [-0.39, 0.29) is 5.28 Å². The van der Waals surface area contributed by atoms with Crippen LogP contribution in [0.2, 0.25) is 5.28 Å². The summed E-state index contributed by atoms with van der Waals surface area (Å²) in [7, 11) is 5.96. The maximum absolute atomic E-state index is 5.99. The number of nitrogens with zero attached hydrogens (tertiary/aromatic N) is 6. The molecule has 1 aliphatic rings. The molecule has 0 N–H and O–H groups in total. The number of aromatic nitrogens is 3. The van der Waals surface area contributed by atoms with Gasteiger partial charge in [0.05, 0.1) is 0 Å². The fourth-order valence-electron chi connectivity index (χ4n) is 2.24. The van der Waals surface area contributed by atoms with E-state index in [4.69, 9.17) is 11.6 Å². The smallest absolute Gasteiger partial charge is 0.231 e. The molecule has 7 heteroatoms. The quantitative estimate of drug-likeness (QED) is 0.829. The van der Waals surface area contributed by atoms with Crippen LogP contribution in [-0.2, 0) is 0 Å². The predicted molar refractivity (Wildman–Crippen MR) is 78.1 cm³/mol. The highest BCUT2D eigenvalue weighted by Crippen LogP contribution is 2.19. The first-order chi connectivity index (χ1) is 9.01. The molecule has 1 aromatic rings. The number of likely N-dealkylation sites (N-methyl/N-ethyl adjacent to an activating group) is 1. The zero-order valence-electron chi connectivity index (χ0n) is 12.0. The Bertz CT molecular complexity index is 438. The van der Waals surface area contributed by atoms with Crippen LogP contribution in [0.3, 0.4) is 0 Å². The van der Waals surface area contributed by atoms with Crippen LogP contribution in [0, 0.1) is 0 Å². The van der Waals surface area contributed by atoms with E-state index in [1.807, 2.05) is 19.0 Å². The van der Waals surface area contributed by atoms with Crippen molar-refractivity contribution in [2.75, 3.05) is 50.6 Å². The van der Waals surface area contributed by atoms with Crippen LogP contribution in [0.15, 0.2) is 0 Å². The Balaban J connectivity index is 2.22. The summed E-state index contributed by atoms with van der Waals surface area (Å²) in [5.41, 5.74) is 0. The molecule has 2 rings (SSSR count). The van der Waals surface area contributed by atoms with Crippen molar-refractivity contribution in [1.29, 1.82) is 0 Å². The first kappa shape index (κ1) is 14.3. The van der Waals surface area contributed by atoms with E-state index in [1.165, 1.54) is 0 Å². The van der Waals surface area contributed by atoms with Gasteiger partial charge < -0.3 is 9.80 Å². The summed E-state index contributed by atoms with van der Waals surface area (Å²) >= 11 is 5.99. The summed E-state index contributed by atoms with van der Waals surface area (Å²) in [6.45, 7) is 5.07. The van der Waals surface area contributed by atoms with Crippen LogP contribution in [0.4, 0.5) is 11.9 Å². The van der Waals surface area contributed by atoms with Crippen LogP contribution in [0.25, 0.3) is 0 Å². The zero-order chi connectivity index (χ0) is 14.0. The van der Waals surface area contributed by atoms with Crippen LogP contribution in [-0.4, -0.2) is 66.7 Å². The molecule has 1 unspecified atom stereocenters. The third-order valence-corrected chi connectivity index (χ3v) is 3.68. The minimum atomic E-state index is 0.251. The summed E-state index contributed by atoms with van der Waals surface area (Å²) in [5, 5.41) is 0.251. The van der Waals surface area contributed by atoms with Gasteiger partial charge in [0, 0.05) is 39.8 Å². The molecule has 1 saturated heterocycles. The maximum Gasteiger partial charge on any atom is 0.231 e. The molecule has 0 aromatic carbocycles. The Kier molecular flexibility index (Phi) is 4.42.